The molecule has 1 aliphatic heterocycles. The summed E-state index contributed by atoms with van der Waals surface area (Å²) in [6.45, 7) is 11.5. The molecule has 3 heterocycles. The third-order valence-electron chi connectivity index (χ3n) is 5.42. The highest BCUT2D eigenvalue weighted by Crippen LogP contribution is 2.40. The van der Waals surface area contributed by atoms with Crippen molar-refractivity contribution in [3.8, 4) is 5.88 Å². The molecule has 1 fully saturated rings. The molecule has 0 spiro atoms. The highest BCUT2D eigenvalue weighted by atomic mass is 32.1. The molecule has 0 unspecified atom stereocenters. The Labute approximate surface area is 164 Å². The van der Waals surface area contributed by atoms with E-state index in [2.05, 4.69) is 58.0 Å². The molecule has 0 saturated carbocycles. The molecule has 27 heavy (non-hydrogen) atoms. The molecule has 2 aromatic heterocycles. The number of aromatic nitrogens is 3. The van der Waals surface area contributed by atoms with Crippen LogP contribution < -0.4 is 0 Å². The van der Waals surface area contributed by atoms with Crippen molar-refractivity contribution in [3.63, 3.8) is 0 Å². The molecule has 6 nitrogen and oxygen atoms in total. The summed E-state index contributed by atoms with van der Waals surface area (Å²) in [5, 5.41) is 15.4. The highest BCUT2D eigenvalue weighted by Gasteiger charge is 2.31. The lowest BCUT2D eigenvalue weighted by molar-refractivity contribution is 0.113. The summed E-state index contributed by atoms with van der Waals surface area (Å²) < 4.78 is 1.60. The molecule has 0 amide bonds. The quantitative estimate of drug-likeness (QED) is 0.731. The number of thiazole rings is 1. The van der Waals surface area contributed by atoms with Gasteiger partial charge in [-0.25, -0.2) is 4.98 Å². The van der Waals surface area contributed by atoms with Gasteiger partial charge >= 0.3 is 0 Å². The molecule has 1 aromatic carbocycles. The van der Waals surface area contributed by atoms with Gasteiger partial charge in [0.2, 0.25) is 10.8 Å². The molecule has 7 heteroatoms. The van der Waals surface area contributed by atoms with Crippen LogP contribution in [0, 0.1) is 6.92 Å². The predicted octanol–water partition coefficient (Wildman–Crippen LogP) is 3.09. The first-order chi connectivity index (χ1) is 13.1. The molecule has 1 atom stereocenters. The van der Waals surface area contributed by atoms with Gasteiger partial charge in [-0.2, -0.15) is 4.52 Å². The van der Waals surface area contributed by atoms with E-state index in [1.807, 2.05) is 6.92 Å². The van der Waals surface area contributed by atoms with Gasteiger partial charge in [0.1, 0.15) is 0 Å². The maximum Gasteiger partial charge on any atom is 0.230 e. The van der Waals surface area contributed by atoms with E-state index in [0.717, 1.165) is 54.8 Å². The fourth-order valence-corrected chi connectivity index (χ4v) is 4.87. The first kappa shape index (κ1) is 18.4. The number of aryl methyl sites for hydroxylation is 2. The van der Waals surface area contributed by atoms with Gasteiger partial charge in [-0.3, -0.25) is 4.90 Å². The molecule has 4 rings (SSSR count). The van der Waals surface area contributed by atoms with Crippen LogP contribution in [0.2, 0.25) is 0 Å². The Balaban J connectivity index is 1.74. The minimum Gasteiger partial charge on any atom is -0.492 e. The molecular weight excluding hydrogens is 358 g/mol. The number of piperazine rings is 1. The van der Waals surface area contributed by atoms with Gasteiger partial charge in [0, 0.05) is 32.6 Å². The van der Waals surface area contributed by atoms with Crippen molar-refractivity contribution >= 4 is 16.3 Å². The topological polar surface area (TPSA) is 56.9 Å². The van der Waals surface area contributed by atoms with Gasteiger partial charge in [0.15, 0.2) is 5.82 Å². The maximum absolute atomic E-state index is 10.9. The van der Waals surface area contributed by atoms with Crippen LogP contribution in [0.15, 0.2) is 24.3 Å². The van der Waals surface area contributed by atoms with Gasteiger partial charge in [-0.05, 0) is 19.0 Å². The van der Waals surface area contributed by atoms with E-state index in [0.29, 0.717) is 0 Å². The van der Waals surface area contributed by atoms with Crippen LogP contribution in [0.25, 0.3) is 4.96 Å². The van der Waals surface area contributed by atoms with E-state index in [1.165, 1.54) is 11.1 Å². The second-order valence-corrected chi connectivity index (χ2v) is 8.16. The van der Waals surface area contributed by atoms with Crippen molar-refractivity contribution in [1.82, 2.24) is 24.4 Å². The smallest absolute Gasteiger partial charge is 0.230 e. The number of hydrogen-bond donors (Lipinski definition) is 1. The van der Waals surface area contributed by atoms with Crippen molar-refractivity contribution in [2.75, 3.05) is 32.7 Å². The van der Waals surface area contributed by atoms with E-state index in [9.17, 15) is 5.11 Å². The molecule has 1 aliphatic rings. The molecule has 0 bridgehead atoms. The van der Waals surface area contributed by atoms with Crippen molar-refractivity contribution in [1.29, 1.82) is 0 Å². The Kier molecular flexibility index (Phi) is 5.16. The molecular formula is C20H27N5OS. The highest BCUT2D eigenvalue weighted by molar-refractivity contribution is 7.17. The first-order valence-corrected chi connectivity index (χ1v) is 10.5. The van der Waals surface area contributed by atoms with E-state index in [1.54, 1.807) is 15.9 Å². The van der Waals surface area contributed by atoms with Crippen LogP contribution in [-0.4, -0.2) is 62.2 Å². The van der Waals surface area contributed by atoms with E-state index >= 15 is 0 Å². The Morgan fingerprint density at radius 2 is 1.81 bits per heavy atom. The average Bonchev–Trinajstić information content (AvgIpc) is 3.23. The zero-order valence-corrected chi connectivity index (χ0v) is 17.0. The van der Waals surface area contributed by atoms with Crippen LogP contribution in [0.5, 0.6) is 5.88 Å². The lowest BCUT2D eigenvalue weighted by Gasteiger charge is -2.38. The van der Waals surface area contributed by atoms with Crippen LogP contribution in [-0.2, 0) is 6.42 Å². The van der Waals surface area contributed by atoms with Crippen LogP contribution in [0.4, 0.5) is 0 Å². The largest absolute Gasteiger partial charge is 0.492 e. The fourth-order valence-electron chi connectivity index (χ4n) is 3.73. The number of fused-ring (bicyclic) bond motifs is 1. The summed E-state index contributed by atoms with van der Waals surface area (Å²) >= 11 is 1.55. The Bertz CT molecular complexity index is 908. The second-order valence-electron chi connectivity index (χ2n) is 7.15. The molecule has 3 aromatic rings. The molecule has 144 valence electrons. The SMILES string of the molecule is CCc1nc2sc([C@@H](c3ccc(C)cc3)N3CCN(CC)CC3)c(O)n2n1. The van der Waals surface area contributed by atoms with Gasteiger partial charge in [0.05, 0.1) is 10.9 Å². The number of nitrogens with zero attached hydrogens (tertiary/aromatic N) is 5. The van der Waals surface area contributed by atoms with Crippen LogP contribution in [0.1, 0.15) is 41.7 Å². The van der Waals surface area contributed by atoms with E-state index < -0.39 is 0 Å². The number of hydrogen-bond acceptors (Lipinski definition) is 6. The summed E-state index contributed by atoms with van der Waals surface area (Å²) in [5.74, 6) is 0.997. The molecule has 0 aliphatic carbocycles. The number of likely N-dealkylation sites (N-methyl/N-ethyl adjacent to an activating group) is 1. The summed E-state index contributed by atoms with van der Waals surface area (Å²) in [6.07, 6.45) is 0.767. The lowest BCUT2D eigenvalue weighted by atomic mass is 10.0. The van der Waals surface area contributed by atoms with Crippen molar-refractivity contribution in [2.45, 2.75) is 33.2 Å². The number of rotatable bonds is 5. The van der Waals surface area contributed by atoms with Gasteiger partial charge in [-0.15, -0.1) is 5.10 Å². The second kappa shape index (κ2) is 7.58. The minimum absolute atomic E-state index is 0.0307. The third-order valence-corrected chi connectivity index (χ3v) is 6.49. The summed E-state index contributed by atoms with van der Waals surface area (Å²) in [4.78, 5) is 11.2. The lowest BCUT2D eigenvalue weighted by Crippen LogP contribution is -2.47. The first-order valence-electron chi connectivity index (χ1n) is 9.71. The zero-order valence-electron chi connectivity index (χ0n) is 16.2. The number of aromatic hydroxyl groups is 1. The van der Waals surface area contributed by atoms with Crippen molar-refractivity contribution < 1.29 is 5.11 Å². The standard InChI is InChI=1S/C20H27N5OS/c1-4-16-21-20-25(22-16)19(26)18(27-20)17(15-8-6-14(3)7-9-15)24-12-10-23(5-2)11-13-24/h6-9,17,26H,4-5,10-13H2,1-3H3/t17-/m1/s1. The van der Waals surface area contributed by atoms with Crippen LogP contribution >= 0.6 is 11.3 Å². The molecule has 1 saturated heterocycles. The van der Waals surface area contributed by atoms with Gasteiger partial charge in [-0.1, -0.05) is 55.0 Å². The summed E-state index contributed by atoms with van der Waals surface area (Å²) in [5.41, 5.74) is 2.45. The number of benzene rings is 1. The van der Waals surface area contributed by atoms with Gasteiger partial charge < -0.3 is 10.0 Å². The average molecular weight is 386 g/mol. The van der Waals surface area contributed by atoms with E-state index in [-0.39, 0.29) is 11.9 Å². The third kappa shape index (κ3) is 3.47. The molecule has 0 radical (unpaired) electrons. The summed E-state index contributed by atoms with van der Waals surface area (Å²) in [6, 6.07) is 8.68. The zero-order chi connectivity index (χ0) is 19.0. The van der Waals surface area contributed by atoms with E-state index in [4.69, 9.17) is 0 Å². The Morgan fingerprint density at radius 1 is 1.11 bits per heavy atom. The maximum atomic E-state index is 10.9. The summed E-state index contributed by atoms with van der Waals surface area (Å²) in [7, 11) is 0. The Hall–Kier alpha value is -1.96. The predicted molar refractivity (Wildman–Crippen MR) is 109 cm³/mol. The van der Waals surface area contributed by atoms with Gasteiger partial charge in [0.25, 0.3) is 0 Å². The van der Waals surface area contributed by atoms with Crippen molar-refractivity contribution in [2.24, 2.45) is 0 Å². The Morgan fingerprint density at radius 3 is 2.41 bits per heavy atom. The minimum atomic E-state index is 0.0307. The van der Waals surface area contributed by atoms with Crippen LogP contribution in [0.3, 0.4) is 0 Å². The molecule has 1 N–H and O–H groups in total. The normalized spacial score (nSPS) is 17.6. The fraction of sp³-hybridized carbons (Fsp3) is 0.500. The monoisotopic (exact) mass is 385 g/mol. The van der Waals surface area contributed by atoms with Crippen molar-refractivity contribution in [3.05, 3.63) is 46.1 Å².